The molecule has 0 spiro atoms. The summed E-state index contributed by atoms with van der Waals surface area (Å²) in [7, 11) is 1.65. The number of carbonyl (C=O) groups is 1. The number of aromatic nitrogens is 2. The van der Waals surface area contributed by atoms with Gasteiger partial charge in [0.2, 0.25) is 5.91 Å². The van der Waals surface area contributed by atoms with Gasteiger partial charge in [0.05, 0.1) is 5.69 Å². The maximum absolute atomic E-state index is 10.9. The van der Waals surface area contributed by atoms with E-state index in [4.69, 9.17) is 0 Å². The lowest BCUT2D eigenvalue weighted by Crippen LogP contribution is -2.21. The Morgan fingerprint density at radius 1 is 1.53 bits per heavy atom. The lowest BCUT2D eigenvalue weighted by Gasteiger charge is -2.03. The molecule has 2 N–H and O–H groups in total. The lowest BCUT2D eigenvalue weighted by molar-refractivity contribution is -0.120. The third-order valence-electron chi connectivity index (χ3n) is 1.99. The summed E-state index contributed by atoms with van der Waals surface area (Å²) in [6, 6.07) is 1.87. The third kappa shape index (κ3) is 5.07. The smallest absolute Gasteiger partial charge is 0.219 e. The van der Waals surface area contributed by atoms with E-state index in [-0.39, 0.29) is 5.91 Å². The molecule has 5 nitrogen and oxygen atoms in total. The molecule has 0 saturated carbocycles. The predicted octanol–water partition coefficient (Wildman–Crippen LogP) is 0.0924. The summed E-state index contributed by atoms with van der Waals surface area (Å²) in [5.41, 5.74) is 0.963. The van der Waals surface area contributed by atoms with Crippen molar-refractivity contribution in [2.75, 3.05) is 13.6 Å². The van der Waals surface area contributed by atoms with Gasteiger partial charge in [-0.1, -0.05) is 0 Å². The van der Waals surface area contributed by atoms with Gasteiger partial charge in [-0.05, 0) is 19.0 Å². The Balaban J connectivity index is 2.05. The van der Waals surface area contributed by atoms with Crippen LogP contribution >= 0.6 is 0 Å². The number of rotatable bonds is 6. The first-order valence-electron chi connectivity index (χ1n) is 4.99. The average Bonchev–Trinajstić information content (AvgIpc) is 2.29. The monoisotopic (exact) mass is 208 g/mol. The van der Waals surface area contributed by atoms with Crippen molar-refractivity contribution in [2.45, 2.75) is 19.4 Å². The van der Waals surface area contributed by atoms with Crippen molar-refractivity contribution in [3.05, 3.63) is 24.3 Å². The molecule has 1 aromatic rings. The number of hydrogen-bond donors (Lipinski definition) is 2. The van der Waals surface area contributed by atoms with Gasteiger partial charge in [0.15, 0.2) is 0 Å². The van der Waals surface area contributed by atoms with E-state index in [1.54, 1.807) is 13.2 Å². The number of nitrogens with one attached hydrogen (secondary N) is 2. The normalized spacial score (nSPS) is 9.93. The minimum Gasteiger partial charge on any atom is -0.359 e. The molecule has 1 amide bonds. The van der Waals surface area contributed by atoms with Crippen LogP contribution in [0.3, 0.4) is 0 Å². The zero-order chi connectivity index (χ0) is 10.9. The molecule has 1 heterocycles. The van der Waals surface area contributed by atoms with Gasteiger partial charge in [0.1, 0.15) is 6.33 Å². The number of amides is 1. The van der Waals surface area contributed by atoms with Crippen LogP contribution in [0.1, 0.15) is 18.5 Å². The van der Waals surface area contributed by atoms with E-state index >= 15 is 0 Å². The molecule has 0 saturated heterocycles. The second-order valence-electron chi connectivity index (χ2n) is 3.15. The van der Waals surface area contributed by atoms with Gasteiger partial charge in [-0.3, -0.25) is 4.79 Å². The van der Waals surface area contributed by atoms with Crippen molar-refractivity contribution < 1.29 is 4.79 Å². The number of hydrogen-bond acceptors (Lipinski definition) is 4. The van der Waals surface area contributed by atoms with Crippen LogP contribution in [0.25, 0.3) is 0 Å². The average molecular weight is 208 g/mol. The van der Waals surface area contributed by atoms with Crippen LogP contribution in [0, 0.1) is 0 Å². The molecule has 0 radical (unpaired) electrons. The van der Waals surface area contributed by atoms with Crippen molar-refractivity contribution in [1.29, 1.82) is 0 Å². The molecular weight excluding hydrogens is 192 g/mol. The molecule has 0 fully saturated rings. The fourth-order valence-corrected chi connectivity index (χ4v) is 1.14. The summed E-state index contributed by atoms with van der Waals surface area (Å²) in [5, 5.41) is 5.80. The van der Waals surface area contributed by atoms with Gasteiger partial charge in [-0.15, -0.1) is 0 Å². The van der Waals surface area contributed by atoms with Crippen molar-refractivity contribution >= 4 is 5.91 Å². The summed E-state index contributed by atoms with van der Waals surface area (Å²) in [5.74, 6) is 0.0823. The van der Waals surface area contributed by atoms with Crippen LogP contribution in [0.15, 0.2) is 18.6 Å². The first-order chi connectivity index (χ1) is 7.33. The Morgan fingerprint density at radius 3 is 3.07 bits per heavy atom. The molecule has 1 aromatic heterocycles. The molecule has 0 aliphatic rings. The van der Waals surface area contributed by atoms with E-state index in [0.29, 0.717) is 6.42 Å². The van der Waals surface area contributed by atoms with Crippen molar-refractivity contribution in [3.8, 4) is 0 Å². The highest BCUT2D eigenvalue weighted by Crippen LogP contribution is 1.91. The Kier molecular flexibility index (Phi) is 5.32. The Morgan fingerprint density at radius 2 is 2.40 bits per heavy atom. The zero-order valence-corrected chi connectivity index (χ0v) is 8.86. The van der Waals surface area contributed by atoms with Crippen LogP contribution in [-0.2, 0) is 11.3 Å². The van der Waals surface area contributed by atoms with E-state index < -0.39 is 0 Å². The molecule has 0 unspecified atom stereocenters. The maximum Gasteiger partial charge on any atom is 0.219 e. The lowest BCUT2D eigenvalue weighted by atomic mass is 10.3. The molecule has 1 rings (SSSR count). The van der Waals surface area contributed by atoms with Gasteiger partial charge in [0, 0.05) is 26.2 Å². The van der Waals surface area contributed by atoms with E-state index in [1.165, 1.54) is 6.33 Å². The largest absolute Gasteiger partial charge is 0.359 e. The molecule has 0 bridgehead atoms. The quantitative estimate of drug-likeness (QED) is 0.650. The van der Waals surface area contributed by atoms with Crippen LogP contribution in [0.2, 0.25) is 0 Å². The van der Waals surface area contributed by atoms with Crippen LogP contribution < -0.4 is 10.6 Å². The predicted molar refractivity (Wildman–Crippen MR) is 57.0 cm³/mol. The Labute approximate surface area is 89.3 Å². The highest BCUT2D eigenvalue weighted by molar-refractivity contribution is 5.75. The standard InChI is InChI=1S/C10H16N4O/c1-11-10(15)3-2-5-12-7-9-4-6-13-8-14-9/h4,6,8,12H,2-3,5,7H2,1H3,(H,11,15). The van der Waals surface area contributed by atoms with E-state index in [2.05, 4.69) is 20.6 Å². The maximum atomic E-state index is 10.9. The fourth-order valence-electron chi connectivity index (χ4n) is 1.14. The summed E-state index contributed by atoms with van der Waals surface area (Å²) in [4.78, 5) is 18.8. The fraction of sp³-hybridized carbons (Fsp3) is 0.500. The van der Waals surface area contributed by atoms with Crippen LogP contribution in [0.5, 0.6) is 0 Å². The Hall–Kier alpha value is -1.49. The summed E-state index contributed by atoms with van der Waals surface area (Å²) < 4.78 is 0. The highest BCUT2D eigenvalue weighted by atomic mass is 16.1. The topological polar surface area (TPSA) is 66.9 Å². The van der Waals surface area contributed by atoms with Gasteiger partial charge in [0.25, 0.3) is 0 Å². The van der Waals surface area contributed by atoms with E-state index in [9.17, 15) is 4.79 Å². The van der Waals surface area contributed by atoms with Gasteiger partial charge >= 0.3 is 0 Å². The van der Waals surface area contributed by atoms with Crippen molar-refractivity contribution in [3.63, 3.8) is 0 Å². The van der Waals surface area contributed by atoms with Gasteiger partial charge < -0.3 is 10.6 Å². The number of nitrogens with zero attached hydrogens (tertiary/aromatic N) is 2. The SMILES string of the molecule is CNC(=O)CCCNCc1ccncn1. The van der Waals surface area contributed by atoms with Gasteiger partial charge in [-0.2, -0.15) is 0 Å². The minimum atomic E-state index is 0.0823. The van der Waals surface area contributed by atoms with Crippen molar-refractivity contribution in [2.24, 2.45) is 0 Å². The molecule has 82 valence electrons. The molecule has 0 aromatic carbocycles. The molecule has 15 heavy (non-hydrogen) atoms. The molecular formula is C10H16N4O. The van der Waals surface area contributed by atoms with E-state index in [0.717, 1.165) is 25.2 Å². The second kappa shape index (κ2) is 6.89. The molecule has 0 aliphatic heterocycles. The van der Waals surface area contributed by atoms with Crippen LogP contribution in [-0.4, -0.2) is 29.5 Å². The third-order valence-corrected chi connectivity index (χ3v) is 1.99. The van der Waals surface area contributed by atoms with E-state index in [1.807, 2.05) is 6.07 Å². The first kappa shape index (κ1) is 11.6. The summed E-state index contributed by atoms with van der Waals surface area (Å²) in [6.07, 6.45) is 4.65. The van der Waals surface area contributed by atoms with Gasteiger partial charge in [-0.25, -0.2) is 9.97 Å². The zero-order valence-electron chi connectivity index (χ0n) is 8.86. The van der Waals surface area contributed by atoms with Crippen molar-refractivity contribution in [1.82, 2.24) is 20.6 Å². The first-order valence-corrected chi connectivity index (χ1v) is 4.99. The number of carbonyl (C=O) groups excluding carboxylic acids is 1. The summed E-state index contributed by atoms with van der Waals surface area (Å²) >= 11 is 0. The second-order valence-corrected chi connectivity index (χ2v) is 3.15. The summed E-state index contributed by atoms with van der Waals surface area (Å²) in [6.45, 7) is 1.54. The minimum absolute atomic E-state index is 0.0823. The molecule has 5 heteroatoms. The molecule has 0 aliphatic carbocycles. The van der Waals surface area contributed by atoms with Crippen LogP contribution in [0.4, 0.5) is 0 Å². The molecule has 0 atom stereocenters. The highest BCUT2D eigenvalue weighted by Gasteiger charge is 1.97. The Bertz CT molecular complexity index is 289.